The Morgan fingerprint density at radius 1 is 1.12 bits per heavy atom. The molecule has 0 aliphatic carbocycles. The molecule has 1 aromatic heterocycles. The summed E-state index contributed by atoms with van der Waals surface area (Å²) >= 11 is 5.51. The zero-order valence-electron chi connectivity index (χ0n) is 15.8. The van der Waals surface area contributed by atoms with Crippen molar-refractivity contribution in [3.05, 3.63) is 53.0 Å². The van der Waals surface area contributed by atoms with Crippen molar-refractivity contribution in [1.82, 2.24) is 9.55 Å². The number of benzene rings is 1. The minimum atomic E-state index is 0.468. The van der Waals surface area contributed by atoms with Gasteiger partial charge in [-0.05, 0) is 29.9 Å². The van der Waals surface area contributed by atoms with Gasteiger partial charge < -0.3 is 9.30 Å². The van der Waals surface area contributed by atoms with Crippen molar-refractivity contribution in [3.8, 4) is 0 Å². The van der Waals surface area contributed by atoms with Gasteiger partial charge in [0, 0.05) is 28.7 Å². The van der Waals surface area contributed by atoms with E-state index in [0.29, 0.717) is 11.9 Å². The van der Waals surface area contributed by atoms with Gasteiger partial charge in [0.2, 0.25) is 0 Å². The molecule has 3 nitrogen and oxygen atoms in total. The van der Waals surface area contributed by atoms with Crippen molar-refractivity contribution < 1.29 is 4.74 Å². The topological polar surface area (TPSA) is 27.1 Å². The van der Waals surface area contributed by atoms with Crippen LogP contribution < -0.4 is 0 Å². The third kappa shape index (κ3) is 9.24. The highest BCUT2D eigenvalue weighted by molar-refractivity contribution is 9.10. The molecule has 5 heteroatoms. The van der Waals surface area contributed by atoms with Crippen LogP contribution in [0.2, 0.25) is 0 Å². The molecule has 144 valence electrons. The van der Waals surface area contributed by atoms with Gasteiger partial charge >= 0.3 is 0 Å². The summed E-state index contributed by atoms with van der Waals surface area (Å²) < 4.78 is 9.27. The summed E-state index contributed by atoms with van der Waals surface area (Å²) in [4.78, 5) is 4.16. The zero-order valence-corrected chi connectivity index (χ0v) is 18.2. The van der Waals surface area contributed by atoms with E-state index < -0.39 is 0 Å². The summed E-state index contributed by atoms with van der Waals surface area (Å²) in [5.41, 5.74) is 1.22. The predicted molar refractivity (Wildman–Crippen MR) is 116 cm³/mol. The van der Waals surface area contributed by atoms with Crippen LogP contribution in [0.3, 0.4) is 0 Å². The maximum absolute atomic E-state index is 6.01. The molecule has 26 heavy (non-hydrogen) atoms. The van der Waals surface area contributed by atoms with Crippen molar-refractivity contribution in [3.63, 3.8) is 0 Å². The molecule has 0 fully saturated rings. The lowest BCUT2D eigenvalue weighted by atomic mass is 10.1. The number of imidazole rings is 1. The summed E-state index contributed by atoms with van der Waals surface area (Å²) in [5.74, 6) is 1.22. The quantitative estimate of drug-likeness (QED) is 0.322. The average molecular weight is 439 g/mol. The Morgan fingerprint density at radius 3 is 2.62 bits per heavy atom. The maximum Gasteiger partial charge on any atom is 0.0946 e. The molecule has 0 spiro atoms. The van der Waals surface area contributed by atoms with Gasteiger partial charge in [0.05, 0.1) is 19.5 Å². The summed E-state index contributed by atoms with van der Waals surface area (Å²) in [7, 11) is 0. The normalized spacial score (nSPS) is 12.4. The van der Waals surface area contributed by atoms with E-state index in [2.05, 4.69) is 56.7 Å². The molecule has 0 saturated heterocycles. The Kier molecular flexibility index (Phi) is 11.1. The lowest BCUT2D eigenvalue weighted by molar-refractivity contribution is 0.119. The lowest BCUT2D eigenvalue weighted by Gasteiger charge is -2.17. The number of ether oxygens (including phenoxy) is 1. The van der Waals surface area contributed by atoms with E-state index in [9.17, 15) is 0 Å². The molecule has 0 aliphatic rings. The van der Waals surface area contributed by atoms with Gasteiger partial charge in [-0.1, -0.05) is 67.1 Å². The summed E-state index contributed by atoms with van der Waals surface area (Å²) in [5, 5.41) is 0.468. The van der Waals surface area contributed by atoms with Gasteiger partial charge in [-0.15, -0.1) is 0 Å². The van der Waals surface area contributed by atoms with Crippen LogP contribution in [0.1, 0.15) is 51.0 Å². The molecular weight excluding hydrogens is 408 g/mol. The Labute approximate surface area is 171 Å². The summed E-state index contributed by atoms with van der Waals surface area (Å²) in [6.07, 6.45) is 13.9. The molecule has 0 N–H and O–H groups in total. The van der Waals surface area contributed by atoms with Gasteiger partial charge in [-0.3, -0.25) is 0 Å². The number of unbranched alkanes of at least 4 members (excludes halogenated alkanes) is 5. The fourth-order valence-electron chi connectivity index (χ4n) is 2.80. The Hall–Kier alpha value is -0.780. The Morgan fingerprint density at radius 2 is 1.88 bits per heavy atom. The molecule has 2 rings (SSSR count). The fourth-order valence-corrected chi connectivity index (χ4v) is 4.24. The second-order valence-corrected chi connectivity index (χ2v) is 8.99. The number of nitrogens with zero attached hydrogens (tertiary/aromatic N) is 2. The third-order valence-electron chi connectivity index (χ3n) is 4.31. The first-order chi connectivity index (χ1) is 12.8. The van der Waals surface area contributed by atoms with Crippen molar-refractivity contribution >= 4 is 27.7 Å². The fraction of sp³-hybridized carbons (Fsp3) is 0.571. The van der Waals surface area contributed by atoms with Crippen LogP contribution in [0.25, 0.3) is 0 Å². The van der Waals surface area contributed by atoms with Gasteiger partial charge in [0.1, 0.15) is 0 Å². The number of thioether (sulfide) groups is 1. The molecule has 1 aromatic carbocycles. The van der Waals surface area contributed by atoms with E-state index in [1.54, 1.807) is 0 Å². The smallest absolute Gasteiger partial charge is 0.0946 e. The second-order valence-electron chi connectivity index (χ2n) is 6.66. The van der Waals surface area contributed by atoms with Crippen LogP contribution in [-0.2, 0) is 17.9 Å². The highest BCUT2D eigenvalue weighted by Crippen LogP contribution is 2.18. The number of halogens is 1. The molecule has 1 unspecified atom stereocenters. The Bertz CT molecular complexity index is 574. The Balaban J connectivity index is 1.69. The van der Waals surface area contributed by atoms with E-state index >= 15 is 0 Å². The second kappa shape index (κ2) is 13.4. The highest BCUT2D eigenvalue weighted by atomic mass is 79.9. The summed E-state index contributed by atoms with van der Waals surface area (Å²) in [6.45, 7) is 4.67. The van der Waals surface area contributed by atoms with Crippen molar-refractivity contribution in [2.24, 2.45) is 0 Å². The van der Waals surface area contributed by atoms with Crippen LogP contribution in [0, 0.1) is 0 Å². The van der Waals surface area contributed by atoms with Crippen LogP contribution in [0.5, 0.6) is 0 Å². The molecule has 1 heterocycles. The average Bonchev–Trinajstić information content (AvgIpc) is 3.15. The lowest BCUT2D eigenvalue weighted by Crippen LogP contribution is -2.19. The standard InChI is InChI=1S/C21H31BrN2OS/c1-2-3-4-5-6-7-14-26-21(15-24-13-12-23-18-24)17-25-16-19-8-10-20(22)11-9-19/h8-13,18,21H,2-7,14-17H2,1H3. The van der Waals surface area contributed by atoms with Crippen LogP contribution in [-0.4, -0.2) is 27.2 Å². The SMILES string of the molecule is CCCCCCCCSC(COCc1ccc(Br)cc1)Cn1ccnc1. The largest absolute Gasteiger partial charge is 0.376 e. The highest BCUT2D eigenvalue weighted by Gasteiger charge is 2.11. The third-order valence-corrected chi connectivity index (χ3v) is 6.12. The van der Waals surface area contributed by atoms with Crippen molar-refractivity contribution in [2.75, 3.05) is 12.4 Å². The maximum atomic E-state index is 6.01. The number of rotatable bonds is 14. The number of aromatic nitrogens is 2. The molecule has 1 atom stereocenters. The van der Waals surface area contributed by atoms with Gasteiger partial charge in [0.25, 0.3) is 0 Å². The first-order valence-electron chi connectivity index (χ1n) is 9.67. The molecule has 2 aromatic rings. The molecule has 0 saturated carbocycles. The monoisotopic (exact) mass is 438 g/mol. The van der Waals surface area contributed by atoms with E-state index in [4.69, 9.17) is 4.74 Å². The van der Waals surface area contributed by atoms with Gasteiger partial charge in [-0.2, -0.15) is 11.8 Å². The van der Waals surface area contributed by atoms with Crippen LogP contribution >= 0.6 is 27.7 Å². The van der Waals surface area contributed by atoms with Crippen LogP contribution in [0.4, 0.5) is 0 Å². The van der Waals surface area contributed by atoms with E-state index in [1.165, 1.54) is 49.8 Å². The zero-order chi connectivity index (χ0) is 18.5. The van der Waals surface area contributed by atoms with Crippen molar-refractivity contribution in [2.45, 2.75) is 63.9 Å². The minimum absolute atomic E-state index is 0.468. The summed E-state index contributed by atoms with van der Waals surface area (Å²) in [6, 6.07) is 8.35. The molecule has 0 aliphatic heterocycles. The van der Waals surface area contributed by atoms with E-state index in [1.807, 2.05) is 30.5 Å². The van der Waals surface area contributed by atoms with Gasteiger partial charge in [0.15, 0.2) is 0 Å². The van der Waals surface area contributed by atoms with Crippen LogP contribution in [0.15, 0.2) is 47.5 Å². The minimum Gasteiger partial charge on any atom is -0.376 e. The molecule has 0 amide bonds. The van der Waals surface area contributed by atoms with E-state index in [0.717, 1.165) is 17.6 Å². The van der Waals surface area contributed by atoms with Crippen molar-refractivity contribution in [1.29, 1.82) is 0 Å². The first-order valence-corrected chi connectivity index (χ1v) is 11.5. The first kappa shape index (κ1) is 21.5. The molecule has 0 bridgehead atoms. The van der Waals surface area contributed by atoms with E-state index in [-0.39, 0.29) is 0 Å². The molecular formula is C21H31BrN2OS. The number of hydrogen-bond acceptors (Lipinski definition) is 3. The molecule has 0 radical (unpaired) electrons. The van der Waals surface area contributed by atoms with Gasteiger partial charge in [-0.25, -0.2) is 4.98 Å². The number of hydrogen-bond donors (Lipinski definition) is 0. The predicted octanol–water partition coefficient (Wildman–Crippen LogP) is 6.32.